The molecule has 3 saturated carbocycles. The van der Waals surface area contributed by atoms with Crippen molar-refractivity contribution in [2.24, 2.45) is 0 Å². The SMILES string of the molecule is OC12CCC(F)(CC1)CC2. The van der Waals surface area contributed by atoms with Crippen LogP contribution in [-0.2, 0) is 0 Å². The highest BCUT2D eigenvalue weighted by Crippen LogP contribution is 2.48. The van der Waals surface area contributed by atoms with E-state index in [-0.39, 0.29) is 0 Å². The van der Waals surface area contributed by atoms with Crippen LogP contribution < -0.4 is 0 Å². The molecule has 0 aliphatic heterocycles. The van der Waals surface area contributed by atoms with E-state index in [2.05, 4.69) is 0 Å². The lowest BCUT2D eigenvalue weighted by molar-refractivity contribution is -0.102. The molecule has 0 saturated heterocycles. The molecular weight excluding hydrogens is 131 g/mol. The summed E-state index contributed by atoms with van der Waals surface area (Å²) in [6, 6.07) is 0. The van der Waals surface area contributed by atoms with Crippen molar-refractivity contribution in [2.75, 3.05) is 0 Å². The minimum Gasteiger partial charge on any atom is -0.390 e. The average Bonchev–Trinajstić information content (AvgIpc) is 1.93. The molecule has 0 aromatic heterocycles. The van der Waals surface area contributed by atoms with E-state index in [1.807, 2.05) is 0 Å². The summed E-state index contributed by atoms with van der Waals surface area (Å²) >= 11 is 0. The molecule has 0 aromatic rings. The van der Waals surface area contributed by atoms with Crippen LogP contribution in [0.2, 0.25) is 0 Å². The van der Waals surface area contributed by atoms with Crippen LogP contribution in [0.25, 0.3) is 0 Å². The summed E-state index contributed by atoms with van der Waals surface area (Å²) in [5.74, 6) is 0. The predicted octanol–water partition coefficient (Wildman–Crippen LogP) is 1.79. The summed E-state index contributed by atoms with van der Waals surface area (Å²) in [5.41, 5.74) is -1.38. The third kappa shape index (κ3) is 0.858. The molecule has 2 heteroatoms. The first-order valence-corrected chi connectivity index (χ1v) is 4.03. The number of alkyl halides is 1. The number of hydrogen-bond donors (Lipinski definition) is 1. The Morgan fingerprint density at radius 2 is 1.30 bits per heavy atom. The molecule has 58 valence electrons. The smallest absolute Gasteiger partial charge is 0.111 e. The minimum atomic E-state index is -0.898. The van der Waals surface area contributed by atoms with E-state index in [4.69, 9.17) is 0 Å². The Labute approximate surface area is 60.2 Å². The van der Waals surface area contributed by atoms with Crippen molar-refractivity contribution in [3.8, 4) is 0 Å². The second-order valence-corrected chi connectivity index (χ2v) is 3.88. The molecule has 0 radical (unpaired) electrons. The Morgan fingerprint density at radius 3 is 1.60 bits per heavy atom. The van der Waals surface area contributed by atoms with Crippen molar-refractivity contribution >= 4 is 0 Å². The van der Waals surface area contributed by atoms with Crippen LogP contribution in [0.1, 0.15) is 38.5 Å². The van der Waals surface area contributed by atoms with Crippen LogP contribution in [0.15, 0.2) is 0 Å². The van der Waals surface area contributed by atoms with Gasteiger partial charge in [0.2, 0.25) is 0 Å². The van der Waals surface area contributed by atoms with Gasteiger partial charge in [-0.25, -0.2) is 4.39 Å². The van der Waals surface area contributed by atoms with Crippen LogP contribution in [0.4, 0.5) is 4.39 Å². The fourth-order valence-electron chi connectivity index (χ4n) is 2.12. The lowest BCUT2D eigenvalue weighted by Gasteiger charge is -2.46. The molecule has 3 aliphatic carbocycles. The van der Waals surface area contributed by atoms with Crippen molar-refractivity contribution in [1.29, 1.82) is 0 Å². The van der Waals surface area contributed by atoms with Crippen LogP contribution in [0.5, 0.6) is 0 Å². The largest absolute Gasteiger partial charge is 0.390 e. The van der Waals surface area contributed by atoms with Gasteiger partial charge in [-0.15, -0.1) is 0 Å². The van der Waals surface area contributed by atoms with Crippen LogP contribution in [0, 0.1) is 0 Å². The summed E-state index contributed by atoms with van der Waals surface area (Å²) in [4.78, 5) is 0. The van der Waals surface area contributed by atoms with Gasteiger partial charge in [-0.05, 0) is 38.5 Å². The van der Waals surface area contributed by atoms with Gasteiger partial charge in [-0.2, -0.15) is 0 Å². The molecule has 3 rings (SSSR count). The summed E-state index contributed by atoms with van der Waals surface area (Å²) in [5, 5.41) is 9.67. The van der Waals surface area contributed by atoms with Gasteiger partial charge in [0.1, 0.15) is 5.67 Å². The molecule has 10 heavy (non-hydrogen) atoms. The molecule has 0 heterocycles. The fraction of sp³-hybridized carbons (Fsp3) is 1.00. The number of hydrogen-bond acceptors (Lipinski definition) is 1. The van der Waals surface area contributed by atoms with Gasteiger partial charge in [0.25, 0.3) is 0 Å². The van der Waals surface area contributed by atoms with E-state index in [1.165, 1.54) is 0 Å². The van der Waals surface area contributed by atoms with E-state index in [0.717, 1.165) is 0 Å². The van der Waals surface area contributed by atoms with Gasteiger partial charge in [0, 0.05) is 0 Å². The predicted molar refractivity (Wildman–Crippen MR) is 36.5 cm³/mol. The summed E-state index contributed by atoms with van der Waals surface area (Å²) < 4.78 is 13.4. The van der Waals surface area contributed by atoms with Crippen LogP contribution in [0.3, 0.4) is 0 Å². The van der Waals surface area contributed by atoms with E-state index >= 15 is 0 Å². The summed E-state index contributed by atoms with van der Waals surface area (Å²) in [6.07, 6.45) is 3.81. The number of rotatable bonds is 0. The number of halogens is 1. The van der Waals surface area contributed by atoms with Crippen molar-refractivity contribution in [3.05, 3.63) is 0 Å². The van der Waals surface area contributed by atoms with Crippen molar-refractivity contribution in [3.63, 3.8) is 0 Å². The lowest BCUT2D eigenvalue weighted by Crippen LogP contribution is -2.47. The van der Waals surface area contributed by atoms with E-state index in [1.54, 1.807) is 0 Å². The molecule has 0 spiro atoms. The molecule has 2 bridgehead atoms. The maximum Gasteiger partial charge on any atom is 0.111 e. The third-order valence-corrected chi connectivity index (χ3v) is 3.12. The Kier molecular flexibility index (Phi) is 1.14. The first-order chi connectivity index (χ1) is 4.62. The molecule has 0 amide bonds. The van der Waals surface area contributed by atoms with E-state index in [9.17, 15) is 9.50 Å². The zero-order chi connectivity index (χ0) is 7.24. The van der Waals surface area contributed by atoms with Crippen molar-refractivity contribution < 1.29 is 9.50 Å². The minimum absolute atomic E-state index is 0.478. The Hall–Kier alpha value is -0.110. The van der Waals surface area contributed by atoms with Gasteiger partial charge in [0.15, 0.2) is 0 Å². The standard InChI is InChI=1S/C8H13FO/c9-7-1-4-8(10,5-2-7)6-3-7/h10H,1-6H2. The lowest BCUT2D eigenvalue weighted by atomic mass is 9.66. The highest BCUT2D eigenvalue weighted by molar-refractivity contribution is 5.00. The zero-order valence-electron chi connectivity index (χ0n) is 6.07. The molecule has 0 atom stereocenters. The van der Waals surface area contributed by atoms with Gasteiger partial charge in [-0.3, -0.25) is 0 Å². The van der Waals surface area contributed by atoms with E-state index < -0.39 is 11.3 Å². The highest BCUT2D eigenvalue weighted by Gasteiger charge is 2.47. The van der Waals surface area contributed by atoms with Crippen molar-refractivity contribution in [1.82, 2.24) is 0 Å². The Bertz CT molecular complexity index is 113. The van der Waals surface area contributed by atoms with E-state index in [0.29, 0.717) is 38.5 Å². The van der Waals surface area contributed by atoms with Gasteiger partial charge >= 0.3 is 0 Å². The van der Waals surface area contributed by atoms with Crippen LogP contribution in [-0.4, -0.2) is 16.4 Å². The number of aliphatic hydroxyl groups is 1. The molecule has 1 N–H and O–H groups in total. The maximum atomic E-state index is 13.4. The third-order valence-electron chi connectivity index (χ3n) is 3.12. The average molecular weight is 144 g/mol. The normalized spacial score (nSPS) is 53.4. The molecule has 1 nitrogen and oxygen atoms in total. The first kappa shape index (κ1) is 6.59. The quantitative estimate of drug-likeness (QED) is 0.549. The topological polar surface area (TPSA) is 20.2 Å². The first-order valence-electron chi connectivity index (χ1n) is 4.03. The molecule has 3 fully saturated rings. The van der Waals surface area contributed by atoms with Crippen LogP contribution >= 0.6 is 0 Å². The second-order valence-electron chi connectivity index (χ2n) is 3.88. The molecule has 3 aliphatic rings. The molecule has 0 unspecified atom stereocenters. The van der Waals surface area contributed by atoms with Gasteiger partial charge in [0.05, 0.1) is 5.60 Å². The van der Waals surface area contributed by atoms with Gasteiger partial charge < -0.3 is 5.11 Å². The molecular formula is C8H13FO. The second kappa shape index (κ2) is 1.73. The maximum absolute atomic E-state index is 13.4. The summed E-state index contributed by atoms with van der Waals surface area (Å²) in [7, 11) is 0. The van der Waals surface area contributed by atoms with Gasteiger partial charge in [-0.1, -0.05) is 0 Å². The zero-order valence-corrected chi connectivity index (χ0v) is 6.07. The summed E-state index contributed by atoms with van der Waals surface area (Å²) in [6.45, 7) is 0. The highest BCUT2D eigenvalue weighted by atomic mass is 19.1. The monoisotopic (exact) mass is 144 g/mol. The molecule has 0 aromatic carbocycles. The fourth-order valence-corrected chi connectivity index (χ4v) is 2.12. The Balaban J connectivity index is 2.16. The van der Waals surface area contributed by atoms with Crippen molar-refractivity contribution in [2.45, 2.75) is 49.8 Å². The Morgan fingerprint density at radius 1 is 0.900 bits per heavy atom. The number of fused-ring (bicyclic) bond motifs is 3.